The van der Waals surface area contributed by atoms with Crippen molar-refractivity contribution in [2.24, 2.45) is 5.92 Å². The summed E-state index contributed by atoms with van der Waals surface area (Å²) in [6, 6.07) is 0. The Morgan fingerprint density at radius 1 is 1.64 bits per heavy atom. The molecule has 0 bridgehead atoms. The molecule has 1 unspecified atom stereocenters. The minimum Gasteiger partial charge on any atom is -0.350 e. The Balaban J connectivity index is 2.28. The molecule has 0 radical (unpaired) electrons. The quantitative estimate of drug-likeness (QED) is 0.588. The first-order valence-corrected chi connectivity index (χ1v) is 4.52. The Kier molecular flexibility index (Phi) is 4.06. The van der Waals surface area contributed by atoms with Crippen LogP contribution in [0.25, 0.3) is 0 Å². The Morgan fingerprint density at radius 3 is 3.00 bits per heavy atom. The van der Waals surface area contributed by atoms with Gasteiger partial charge in [-0.05, 0) is 19.5 Å². The van der Waals surface area contributed by atoms with Gasteiger partial charge < -0.3 is 10.6 Å². The summed E-state index contributed by atoms with van der Waals surface area (Å²) < 4.78 is 0. The third-order valence-electron chi connectivity index (χ3n) is 1.81. The van der Waals surface area contributed by atoms with Gasteiger partial charge in [0, 0.05) is 6.54 Å². The fourth-order valence-electron chi connectivity index (χ4n) is 1.09. The van der Waals surface area contributed by atoms with Gasteiger partial charge in [0.1, 0.15) is 0 Å². The number of H-pyrrole nitrogens is 1. The van der Waals surface area contributed by atoms with E-state index in [0.717, 1.165) is 6.54 Å². The predicted molar refractivity (Wildman–Crippen MR) is 51.8 cm³/mol. The Bertz CT molecular complexity index is 271. The predicted octanol–water partition coefficient (Wildman–Crippen LogP) is -0.610. The maximum absolute atomic E-state index is 11.4. The average molecular weight is 197 g/mol. The zero-order valence-corrected chi connectivity index (χ0v) is 8.37. The third-order valence-corrected chi connectivity index (χ3v) is 1.81. The third kappa shape index (κ3) is 3.14. The second-order valence-electron chi connectivity index (χ2n) is 3.23. The highest BCUT2D eigenvalue weighted by Gasteiger charge is 2.09. The first kappa shape index (κ1) is 10.6. The minimum atomic E-state index is -0.193. The van der Waals surface area contributed by atoms with E-state index in [2.05, 4.69) is 33.0 Å². The highest BCUT2D eigenvalue weighted by atomic mass is 16.1. The summed E-state index contributed by atoms with van der Waals surface area (Å²) >= 11 is 0. The Morgan fingerprint density at radius 2 is 2.43 bits per heavy atom. The second-order valence-corrected chi connectivity index (χ2v) is 3.23. The van der Waals surface area contributed by atoms with Gasteiger partial charge in [0.05, 0.1) is 6.20 Å². The van der Waals surface area contributed by atoms with E-state index in [4.69, 9.17) is 0 Å². The zero-order chi connectivity index (χ0) is 10.4. The lowest BCUT2D eigenvalue weighted by atomic mass is 10.2. The van der Waals surface area contributed by atoms with Crippen LogP contribution < -0.4 is 10.6 Å². The van der Waals surface area contributed by atoms with E-state index in [-0.39, 0.29) is 5.91 Å². The lowest BCUT2D eigenvalue weighted by molar-refractivity contribution is 0.0943. The van der Waals surface area contributed by atoms with Crippen LogP contribution >= 0.6 is 0 Å². The maximum atomic E-state index is 11.4. The van der Waals surface area contributed by atoms with Crippen molar-refractivity contribution in [2.45, 2.75) is 6.92 Å². The number of hydrogen-bond donors (Lipinski definition) is 3. The number of hydrogen-bond acceptors (Lipinski definition) is 4. The highest BCUT2D eigenvalue weighted by Crippen LogP contribution is 1.92. The molecule has 0 aliphatic carbocycles. The number of nitrogens with one attached hydrogen (secondary N) is 3. The van der Waals surface area contributed by atoms with E-state index in [9.17, 15) is 4.79 Å². The molecule has 6 nitrogen and oxygen atoms in total. The van der Waals surface area contributed by atoms with Crippen molar-refractivity contribution in [3.63, 3.8) is 0 Å². The summed E-state index contributed by atoms with van der Waals surface area (Å²) in [6.07, 6.45) is 1.40. The maximum Gasteiger partial charge on any atom is 0.273 e. The van der Waals surface area contributed by atoms with Crippen LogP contribution in [-0.4, -0.2) is 41.5 Å². The molecule has 14 heavy (non-hydrogen) atoms. The van der Waals surface area contributed by atoms with Crippen molar-refractivity contribution in [2.75, 3.05) is 20.1 Å². The summed E-state index contributed by atoms with van der Waals surface area (Å²) in [7, 11) is 1.88. The molecule has 1 aromatic heterocycles. The molecule has 3 N–H and O–H groups in total. The molecular weight excluding hydrogens is 182 g/mol. The van der Waals surface area contributed by atoms with E-state index in [1.54, 1.807) is 0 Å². The molecule has 1 amide bonds. The minimum absolute atomic E-state index is 0.193. The van der Waals surface area contributed by atoms with Crippen LogP contribution in [0, 0.1) is 5.92 Å². The standard InChI is InChI=1S/C8H15N5O/c1-6(3-9-2)4-10-8(14)7-5-11-13-12-7/h5-6,9H,3-4H2,1-2H3,(H,10,14)(H,11,12,13). The molecule has 1 aromatic rings. The lowest BCUT2D eigenvalue weighted by Gasteiger charge is -2.10. The first-order valence-electron chi connectivity index (χ1n) is 4.52. The number of carbonyl (C=O) groups is 1. The average Bonchev–Trinajstić information content (AvgIpc) is 2.67. The van der Waals surface area contributed by atoms with Gasteiger partial charge in [-0.15, -0.1) is 0 Å². The van der Waals surface area contributed by atoms with E-state index >= 15 is 0 Å². The van der Waals surface area contributed by atoms with Crippen molar-refractivity contribution in [3.05, 3.63) is 11.9 Å². The van der Waals surface area contributed by atoms with Crippen LogP contribution in [0.15, 0.2) is 6.20 Å². The number of rotatable bonds is 5. The first-order chi connectivity index (χ1) is 6.74. The highest BCUT2D eigenvalue weighted by molar-refractivity contribution is 5.91. The van der Waals surface area contributed by atoms with Crippen molar-refractivity contribution >= 4 is 5.91 Å². The van der Waals surface area contributed by atoms with E-state index < -0.39 is 0 Å². The van der Waals surface area contributed by atoms with E-state index in [1.165, 1.54) is 6.20 Å². The summed E-state index contributed by atoms with van der Waals surface area (Å²) in [5, 5.41) is 15.4. The fraction of sp³-hybridized carbons (Fsp3) is 0.625. The molecule has 1 heterocycles. The summed E-state index contributed by atoms with van der Waals surface area (Å²) in [5.41, 5.74) is 0.321. The van der Waals surface area contributed by atoms with Gasteiger partial charge in [0.15, 0.2) is 5.69 Å². The normalized spacial score (nSPS) is 12.4. The molecule has 1 rings (SSSR count). The largest absolute Gasteiger partial charge is 0.350 e. The van der Waals surface area contributed by atoms with Crippen molar-refractivity contribution in [1.29, 1.82) is 0 Å². The summed E-state index contributed by atoms with van der Waals surface area (Å²) in [5.74, 6) is 0.206. The van der Waals surface area contributed by atoms with Gasteiger partial charge in [-0.2, -0.15) is 15.4 Å². The van der Waals surface area contributed by atoms with Crippen LogP contribution in [0.5, 0.6) is 0 Å². The Hall–Kier alpha value is -1.43. The van der Waals surface area contributed by atoms with Crippen molar-refractivity contribution in [3.8, 4) is 0 Å². The van der Waals surface area contributed by atoms with Gasteiger partial charge in [-0.3, -0.25) is 4.79 Å². The molecule has 0 saturated heterocycles. The van der Waals surface area contributed by atoms with Gasteiger partial charge in [-0.25, -0.2) is 0 Å². The monoisotopic (exact) mass is 197 g/mol. The molecule has 1 atom stereocenters. The number of nitrogens with zero attached hydrogens (tertiary/aromatic N) is 2. The lowest BCUT2D eigenvalue weighted by Crippen LogP contribution is -2.32. The number of carbonyl (C=O) groups excluding carboxylic acids is 1. The fourth-order valence-corrected chi connectivity index (χ4v) is 1.09. The van der Waals surface area contributed by atoms with Crippen LogP contribution in [0.2, 0.25) is 0 Å². The molecule has 6 heteroatoms. The summed E-state index contributed by atoms with van der Waals surface area (Å²) in [4.78, 5) is 11.4. The molecule has 0 aromatic carbocycles. The van der Waals surface area contributed by atoms with E-state index in [0.29, 0.717) is 18.2 Å². The molecule has 0 saturated carbocycles. The molecule has 0 aliphatic heterocycles. The zero-order valence-electron chi connectivity index (χ0n) is 8.37. The second kappa shape index (κ2) is 5.33. The number of aromatic amines is 1. The van der Waals surface area contributed by atoms with Crippen molar-refractivity contribution < 1.29 is 4.79 Å². The van der Waals surface area contributed by atoms with Crippen LogP contribution in [0.3, 0.4) is 0 Å². The van der Waals surface area contributed by atoms with Gasteiger partial charge in [0.25, 0.3) is 5.91 Å². The Labute approximate surface area is 82.5 Å². The van der Waals surface area contributed by atoms with E-state index in [1.807, 2.05) is 7.05 Å². The smallest absolute Gasteiger partial charge is 0.273 e. The van der Waals surface area contributed by atoms with Crippen LogP contribution in [-0.2, 0) is 0 Å². The molecule has 78 valence electrons. The molecule has 0 fully saturated rings. The SMILES string of the molecule is CNCC(C)CNC(=O)c1cn[nH]n1. The molecule has 0 aliphatic rings. The van der Waals surface area contributed by atoms with Crippen molar-refractivity contribution in [1.82, 2.24) is 26.0 Å². The number of amides is 1. The van der Waals surface area contributed by atoms with Crippen LogP contribution in [0.1, 0.15) is 17.4 Å². The molecule has 0 spiro atoms. The van der Waals surface area contributed by atoms with Gasteiger partial charge in [-0.1, -0.05) is 6.92 Å². The summed E-state index contributed by atoms with van der Waals surface area (Å²) in [6.45, 7) is 3.56. The van der Waals surface area contributed by atoms with Crippen LogP contribution in [0.4, 0.5) is 0 Å². The topological polar surface area (TPSA) is 82.7 Å². The number of aromatic nitrogens is 3. The molecular formula is C8H15N5O. The van der Waals surface area contributed by atoms with Gasteiger partial charge in [0.2, 0.25) is 0 Å². The van der Waals surface area contributed by atoms with Gasteiger partial charge >= 0.3 is 0 Å².